The summed E-state index contributed by atoms with van der Waals surface area (Å²) in [6.07, 6.45) is -5.33. The van der Waals surface area contributed by atoms with Gasteiger partial charge in [-0.3, -0.25) is 0 Å². The van der Waals surface area contributed by atoms with E-state index in [2.05, 4.69) is 15.9 Å². The first-order valence-electron chi connectivity index (χ1n) is 6.58. The van der Waals surface area contributed by atoms with E-state index in [4.69, 9.17) is 21.1 Å². The zero-order chi connectivity index (χ0) is 16.0. The molecule has 7 heteroatoms. The molecule has 0 aliphatic carbocycles. The first kappa shape index (κ1) is 18.4. The molecule has 0 amide bonds. The molecule has 0 bridgehead atoms. The van der Waals surface area contributed by atoms with Gasteiger partial charge in [0.2, 0.25) is 0 Å². The molecule has 1 atom stereocenters. The van der Waals surface area contributed by atoms with E-state index in [9.17, 15) is 13.2 Å². The maximum Gasteiger partial charge on any atom is 0.389 e. The summed E-state index contributed by atoms with van der Waals surface area (Å²) in [6.45, 7) is 4.55. The van der Waals surface area contributed by atoms with Crippen LogP contribution in [0.15, 0.2) is 16.6 Å². The van der Waals surface area contributed by atoms with E-state index >= 15 is 0 Å². The molecule has 1 aromatic carbocycles. The maximum absolute atomic E-state index is 12.3. The molecule has 0 aliphatic rings. The van der Waals surface area contributed by atoms with Crippen molar-refractivity contribution in [2.24, 2.45) is 0 Å². The number of halogens is 5. The van der Waals surface area contributed by atoms with Crippen molar-refractivity contribution in [2.45, 2.75) is 38.2 Å². The van der Waals surface area contributed by atoms with Gasteiger partial charge in [0.1, 0.15) is 0 Å². The normalized spacial score (nSPS) is 13.1. The molecule has 0 radical (unpaired) electrons. The lowest BCUT2D eigenvalue weighted by molar-refractivity contribution is -0.135. The van der Waals surface area contributed by atoms with Gasteiger partial charge in [0, 0.05) is 10.9 Å². The predicted octanol–water partition coefficient (Wildman–Crippen LogP) is 5.87. The topological polar surface area (TPSA) is 18.5 Å². The van der Waals surface area contributed by atoms with Gasteiger partial charge in [0.25, 0.3) is 0 Å². The smallest absolute Gasteiger partial charge is 0.389 e. The summed E-state index contributed by atoms with van der Waals surface area (Å²) in [5.41, 5.74) is 0.563. The van der Waals surface area contributed by atoms with E-state index in [1.807, 2.05) is 13.8 Å². The zero-order valence-corrected chi connectivity index (χ0v) is 14.1. The maximum atomic E-state index is 12.3. The lowest BCUT2D eigenvalue weighted by Gasteiger charge is -2.17. The molecule has 0 saturated carbocycles. The van der Waals surface area contributed by atoms with Crippen LogP contribution in [0.5, 0.6) is 11.5 Å². The summed E-state index contributed by atoms with van der Waals surface area (Å²) < 4.78 is 48.3. The predicted molar refractivity (Wildman–Crippen MR) is 80.4 cm³/mol. The SMILES string of the molecule is CCOc1cc(Br)c(C(Cl)CCC(F)(F)F)cc1OCC. The van der Waals surface area contributed by atoms with Gasteiger partial charge >= 0.3 is 6.18 Å². The Hall–Kier alpha value is -0.620. The molecule has 0 aliphatic heterocycles. The van der Waals surface area contributed by atoms with Gasteiger partial charge in [-0.05, 0) is 38.0 Å². The monoisotopic (exact) mass is 388 g/mol. The van der Waals surface area contributed by atoms with Gasteiger partial charge in [-0.1, -0.05) is 15.9 Å². The Morgan fingerprint density at radius 1 is 1.14 bits per heavy atom. The number of hydrogen-bond acceptors (Lipinski definition) is 2. The van der Waals surface area contributed by atoms with Crippen LogP contribution < -0.4 is 9.47 Å². The molecule has 2 nitrogen and oxygen atoms in total. The Morgan fingerprint density at radius 2 is 1.67 bits per heavy atom. The molecule has 120 valence electrons. The number of rotatable bonds is 7. The molecule has 0 aromatic heterocycles. The second-order valence-corrected chi connectivity index (χ2v) is 5.69. The highest BCUT2D eigenvalue weighted by Crippen LogP contribution is 2.41. The standard InChI is InChI=1S/C14H17BrClF3O2/c1-3-20-12-7-9(10(15)8-13(12)21-4-2)11(16)5-6-14(17,18)19/h7-8,11H,3-6H2,1-2H3. The Kier molecular flexibility index (Phi) is 7.13. The molecule has 1 aromatic rings. The van der Waals surface area contributed by atoms with Gasteiger partial charge in [-0.25, -0.2) is 0 Å². The molecule has 0 fully saturated rings. The minimum atomic E-state index is -4.21. The fourth-order valence-electron chi connectivity index (χ4n) is 1.77. The van der Waals surface area contributed by atoms with Crippen LogP contribution in [0.1, 0.15) is 37.6 Å². The molecular weight excluding hydrogens is 373 g/mol. The number of hydrogen-bond donors (Lipinski definition) is 0. The second kappa shape index (κ2) is 8.13. The first-order chi connectivity index (χ1) is 9.78. The lowest BCUT2D eigenvalue weighted by Crippen LogP contribution is -2.08. The van der Waals surface area contributed by atoms with Gasteiger partial charge < -0.3 is 9.47 Å². The van der Waals surface area contributed by atoms with Crippen LogP contribution in [-0.4, -0.2) is 19.4 Å². The van der Waals surface area contributed by atoms with Crippen LogP contribution in [0.4, 0.5) is 13.2 Å². The first-order valence-corrected chi connectivity index (χ1v) is 7.81. The van der Waals surface area contributed by atoms with Crippen LogP contribution in [0.25, 0.3) is 0 Å². The largest absolute Gasteiger partial charge is 0.490 e. The highest BCUT2D eigenvalue weighted by atomic mass is 79.9. The molecule has 0 heterocycles. The van der Waals surface area contributed by atoms with E-state index in [0.717, 1.165) is 0 Å². The average molecular weight is 390 g/mol. The van der Waals surface area contributed by atoms with Crippen molar-refractivity contribution in [2.75, 3.05) is 13.2 Å². The molecule has 0 saturated heterocycles. The van der Waals surface area contributed by atoms with Crippen LogP contribution >= 0.6 is 27.5 Å². The quantitative estimate of drug-likeness (QED) is 0.543. The van der Waals surface area contributed by atoms with Gasteiger partial charge in [-0.15, -0.1) is 11.6 Å². The molecule has 1 rings (SSSR count). The number of ether oxygens (including phenoxy) is 2. The third-order valence-electron chi connectivity index (χ3n) is 2.68. The molecule has 1 unspecified atom stereocenters. The van der Waals surface area contributed by atoms with Crippen LogP contribution in [0.2, 0.25) is 0 Å². The minimum Gasteiger partial charge on any atom is -0.490 e. The van der Waals surface area contributed by atoms with Crippen LogP contribution in [0.3, 0.4) is 0 Å². The van der Waals surface area contributed by atoms with Gasteiger partial charge in [-0.2, -0.15) is 13.2 Å². The average Bonchev–Trinajstić information content (AvgIpc) is 2.38. The summed E-state index contributed by atoms with van der Waals surface area (Å²) in [5, 5.41) is -0.754. The van der Waals surface area contributed by atoms with Crippen LogP contribution in [0, 0.1) is 0 Å². The van der Waals surface area contributed by atoms with Crippen molar-refractivity contribution < 1.29 is 22.6 Å². The number of benzene rings is 1. The van der Waals surface area contributed by atoms with Crippen molar-refractivity contribution in [1.82, 2.24) is 0 Å². The summed E-state index contributed by atoms with van der Waals surface area (Å²) in [5.74, 6) is 1.02. The van der Waals surface area contributed by atoms with Crippen molar-refractivity contribution in [3.05, 3.63) is 22.2 Å². The Labute approximate surface area is 135 Å². The molecule has 0 N–H and O–H groups in total. The third kappa shape index (κ3) is 5.94. The minimum absolute atomic E-state index is 0.191. The molecule has 0 spiro atoms. The van der Waals surface area contributed by atoms with Crippen LogP contribution in [-0.2, 0) is 0 Å². The van der Waals surface area contributed by atoms with E-state index < -0.39 is 18.0 Å². The third-order valence-corrected chi connectivity index (χ3v) is 3.82. The Morgan fingerprint density at radius 3 is 2.14 bits per heavy atom. The fraction of sp³-hybridized carbons (Fsp3) is 0.571. The molecular formula is C14H17BrClF3O2. The van der Waals surface area contributed by atoms with Gasteiger partial charge in [0.15, 0.2) is 11.5 Å². The summed E-state index contributed by atoms with van der Waals surface area (Å²) in [4.78, 5) is 0. The Balaban J connectivity index is 2.98. The Bertz CT molecular complexity index is 466. The number of alkyl halides is 4. The van der Waals surface area contributed by atoms with Crippen molar-refractivity contribution in [1.29, 1.82) is 0 Å². The fourth-order valence-corrected chi connectivity index (χ4v) is 2.79. The second-order valence-electron chi connectivity index (χ2n) is 4.31. The zero-order valence-electron chi connectivity index (χ0n) is 11.8. The van der Waals surface area contributed by atoms with E-state index in [0.29, 0.717) is 34.7 Å². The lowest BCUT2D eigenvalue weighted by atomic mass is 10.1. The summed E-state index contributed by atoms with van der Waals surface area (Å²) in [7, 11) is 0. The van der Waals surface area contributed by atoms with Gasteiger partial charge in [0.05, 0.1) is 18.6 Å². The summed E-state index contributed by atoms with van der Waals surface area (Å²) in [6, 6.07) is 3.30. The van der Waals surface area contributed by atoms with E-state index in [-0.39, 0.29) is 6.42 Å². The van der Waals surface area contributed by atoms with Crippen molar-refractivity contribution >= 4 is 27.5 Å². The van der Waals surface area contributed by atoms with Crippen molar-refractivity contribution in [3.63, 3.8) is 0 Å². The summed E-state index contributed by atoms with van der Waals surface area (Å²) >= 11 is 9.41. The molecule has 21 heavy (non-hydrogen) atoms. The highest BCUT2D eigenvalue weighted by Gasteiger charge is 2.29. The van der Waals surface area contributed by atoms with E-state index in [1.54, 1.807) is 12.1 Å². The van der Waals surface area contributed by atoms with E-state index in [1.165, 1.54) is 0 Å². The van der Waals surface area contributed by atoms with Crippen molar-refractivity contribution in [3.8, 4) is 11.5 Å². The highest BCUT2D eigenvalue weighted by molar-refractivity contribution is 9.10.